The molecule has 0 aromatic carbocycles. The van der Waals surface area contributed by atoms with E-state index in [-0.39, 0.29) is 12.4 Å². The van der Waals surface area contributed by atoms with Gasteiger partial charge in [0.25, 0.3) is 0 Å². The molecule has 0 aliphatic heterocycles. The van der Waals surface area contributed by atoms with Gasteiger partial charge in [-0.05, 0) is 25.2 Å². The Morgan fingerprint density at radius 1 is 0.720 bits per heavy atom. The standard InChI is InChI=1S/C22H48NO.ClH/c1-6-9-10-11-12-13-14-15-16-17-19-23(4,5)21-24-20-22(8-3)18-7-2;/h22H,6-21H2,1-5H3;1H/q+1;/p-1. The molecule has 3 heteroatoms. The van der Waals surface area contributed by atoms with Crippen LogP contribution in [0, 0.1) is 5.92 Å². The second-order valence-electron chi connectivity index (χ2n) is 8.40. The maximum Gasteiger partial charge on any atom is 0.182 e. The Morgan fingerprint density at radius 2 is 1.24 bits per heavy atom. The van der Waals surface area contributed by atoms with E-state index < -0.39 is 0 Å². The van der Waals surface area contributed by atoms with E-state index in [1.807, 2.05) is 0 Å². The molecular formula is C22H48ClNO. The smallest absolute Gasteiger partial charge is 0.182 e. The molecule has 0 saturated carbocycles. The summed E-state index contributed by atoms with van der Waals surface area (Å²) < 4.78 is 7.03. The Morgan fingerprint density at radius 3 is 1.72 bits per heavy atom. The Hall–Kier alpha value is 0.210. The zero-order valence-corrected chi connectivity index (χ0v) is 18.9. The van der Waals surface area contributed by atoms with Crippen LogP contribution in [0.5, 0.6) is 0 Å². The molecule has 0 saturated heterocycles. The molecule has 25 heavy (non-hydrogen) atoms. The van der Waals surface area contributed by atoms with Crippen molar-refractivity contribution in [2.45, 2.75) is 104 Å². The molecule has 0 aliphatic carbocycles. The molecule has 1 unspecified atom stereocenters. The Bertz CT molecular complexity index is 258. The predicted octanol–water partition coefficient (Wildman–Crippen LogP) is 3.79. The number of rotatable bonds is 18. The van der Waals surface area contributed by atoms with Crippen LogP contribution >= 0.6 is 0 Å². The third kappa shape index (κ3) is 18.8. The molecule has 0 aromatic heterocycles. The highest BCUT2D eigenvalue weighted by Gasteiger charge is 2.15. The molecule has 0 heterocycles. The van der Waals surface area contributed by atoms with E-state index in [0.29, 0.717) is 0 Å². The number of halogens is 1. The molecule has 0 amide bonds. The molecule has 154 valence electrons. The van der Waals surface area contributed by atoms with Crippen molar-refractivity contribution in [1.29, 1.82) is 0 Å². The number of nitrogens with zero attached hydrogens (tertiary/aromatic N) is 1. The van der Waals surface area contributed by atoms with Crippen LogP contribution < -0.4 is 12.4 Å². The summed E-state index contributed by atoms with van der Waals surface area (Å²) in [4.78, 5) is 0. The molecule has 0 fully saturated rings. The van der Waals surface area contributed by atoms with Crippen molar-refractivity contribution in [2.75, 3.05) is 34.0 Å². The van der Waals surface area contributed by atoms with Crippen LogP contribution in [0.1, 0.15) is 104 Å². The van der Waals surface area contributed by atoms with Gasteiger partial charge in [-0.3, -0.25) is 0 Å². The lowest BCUT2D eigenvalue weighted by molar-refractivity contribution is -0.910. The highest BCUT2D eigenvalue weighted by molar-refractivity contribution is 4.54. The summed E-state index contributed by atoms with van der Waals surface area (Å²) in [5.74, 6) is 0.757. The molecule has 0 aliphatic rings. The molecule has 0 spiro atoms. The van der Waals surface area contributed by atoms with Crippen molar-refractivity contribution in [2.24, 2.45) is 5.92 Å². The Labute approximate surface area is 166 Å². The maximum atomic E-state index is 6.02. The van der Waals surface area contributed by atoms with E-state index in [1.54, 1.807) is 0 Å². The normalized spacial score (nSPS) is 12.8. The van der Waals surface area contributed by atoms with E-state index in [1.165, 1.54) is 90.0 Å². The average Bonchev–Trinajstić information content (AvgIpc) is 2.55. The van der Waals surface area contributed by atoms with E-state index in [9.17, 15) is 0 Å². The number of quaternary nitrogens is 1. The van der Waals surface area contributed by atoms with E-state index in [2.05, 4.69) is 34.9 Å². The first-order valence-corrected chi connectivity index (χ1v) is 11.0. The van der Waals surface area contributed by atoms with Gasteiger partial charge in [-0.1, -0.05) is 85.0 Å². The summed E-state index contributed by atoms with van der Waals surface area (Å²) in [6.07, 6.45) is 18.0. The van der Waals surface area contributed by atoms with Crippen molar-refractivity contribution in [1.82, 2.24) is 0 Å². The number of hydrogen-bond donors (Lipinski definition) is 0. The highest BCUT2D eigenvalue weighted by atomic mass is 35.5. The van der Waals surface area contributed by atoms with Crippen molar-refractivity contribution >= 4 is 0 Å². The highest BCUT2D eigenvalue weighted by Crippen LogP contribution is 2.13. The minimum Gasteiger partial charge on any atom is -1.00 e. The summed E-state index contributed by atoms with van der Waals surface area (Å²) in [7, 11) is 4.63. The summed E-state index contributed by atoms with van der Waals surface area (Å²) in [6.45, 7) is 9.92. The van der Waals surface area contributed by atoms with Crippen molar-refractivity contribution in [3.63, 3.8) is 0 Å². The van der Waals surface area contributed by atoms with Gasteiger partial charge in [-0.15, -0.1) is 0 Å². The van der Waals surface area contributed by atoms with Crippen LogP contribution in [-0.2, 0) is 4.74 Å². The fourth-order valence-corrected chi connectivity index (χ4v) is 3.37. The third-order valence-corrected chi connectivity index (χ3v) is 5.19. The largest absolute Gasteiger partial charge is 1.00 e. The quantitative estimate of drug-likeness (QED) is 0.200. The van der Waals surface area contributed by atoms with Crippen LogP contribution in [0.25, 0.3) is 0 Å². The van der Waals surface area contributed by atoms with Gasteiger partial charge >= 0.3 is 0 Å². The molecule has 0 radical (unpaired) electrons. The SMILES string of the molecule is CCCCCCCCCCCC[N+](C)(C)COCC(CC)CCC.[Cl-]. The van der Waals surface area contributed by atoms with Gasteiger partial charge in [-0.25, -0.2) is 0 Å². The summed E-state index contributed by atoms with van der Waals surface area (Å²) in [5.41, 5.74) is 0. The number of ether oxygens (including phenoxy) is 1. The fraction of sp³-hybridized carbons (Fsp3) is 1.00. The van der Waals surface area contributed by atoms with E-state index in [4.69, 9.17) is 4.74 Å². The molecular weight excluding hydrogens is 330 g/mol. The van der Waals surface area contributed by atoms with E-state index >= 15 is 0 Å². The minimum absolute atomic E-state index is 0. The lowest BCUT2D eigenvalue weighted by Gasteiger charge is -2.30. The molecule has 0 aromatic rings. The van der Waals surface area contributed by atoms with Crippen LogP contribution in [-0.4, -0.2) is 38.5 Å². The van der Waals surface area contributed by atoms with Crippen molar-refractivity contribution in [3.05, 3.63) is 0 Å². The first-order chi connectivity index (χ1) is 11.6. The molecule has 0 N–H and O–H groups in total. The monoisotopic (exact) mass is 377 g/mol. The molecule has 2 nitrogen and oxygen atoms in total. The van der Waals surface area contributed by atoms with Gasteiger partial charge in [0.15, 0.2) is 6.73 Å². The van der Waals surface area contributed by atoms with Gasteiger partial charge < -0.3 is 21.6 Å². The van der Waals surface area contributed by atoms with Gasteiger partial charge in [0.05, 0.1) is 27.2 Å². The summed E-state index contributed by atoms with van der Waals surface area (Å²) in [6, 6.07) is 0. The van der Waals surface area contributed by atoms with Gasteiger partial charge in [0.1, 0.15) is 0 Å². The fourth-order valence-electron chi connectivity index (χ4n) is 3.37. The zero-order chi connectivity index (χ0) is 18.1. The zero-order valence-electron chi connectivity index (χ0n) is 18.1. The van der Waals surface area contributed by atoms with Gasteiger partial charge in [-0.2, -0.15) is 0 Å². The maximum absolute atomic E-state index is 6.02. The minimum atomic E-state index is 0. The Balaban J connectivity index is 0. The van der Waals surface area contributed by atoms with Crippen molar-refractivity contribution < 1.29 is 21.6 Å². The lowest BCUT2D eigenvalue weighted by atomic mass is 10.0. The second-order valence-corrected chi connectivity index (χ2v) is 8.40. The van der Waals surface area contributed by atoms with Gasteiger partial charge in [0, 0.05) is 0 Å². The first kappa shape index (κ1) is 27.4. The van der Waals surface area contributed by atoms with Crippen LogP contribution in [0.15, 0.2) is 0 Å². The number of unbranched alkanes of at least 4 members (excludes halogenated alkanes) is 9. The molecule has 0 rings (SSSR count). The lowest BCUT2D eigenvalue weighted by Crippen LogP contribution is -3.00. The van der Waals surface area contributed by atoms with Gasteiger partial charge in [0.2, 0.25) is 0 Å². The second kappa shape index (κ2) is 19.0. The number of hydrogen-bond acceptors (Lipinski definition) is 1. The average molecular weight is 378 g/mol. The predicted molar refractivity (Wildman–Crippen MR) is 108 cm³/mol. The molecule has 0 bridgehead atoms. The van der Waals surface area contributed by atoms with Crippen LogP contribution in [0.2, 0.25) is 0 Å². The summed E-state index contributed by atoms with van der Waals surface area (Å²) >= 11 is 0. The van der Waals surface area contributed by atoms with Crippen LogP contribution in [0.3, 0.4) is 0 Å². The Kier molecular flexibility index (Phi) is 20.8. The summed E-state index contributed by atoms with van der Waals surface area (Å²) in [5, 5.41) is 0. The topological polar surface area (TPSA) is 9.23 Å². The first-order valence-electron chi connectivity index (χ1n) is 11.0. The molecule has 1 atom stereocenters. The third-order valence-electron chi connectivity index (χ3n) is 5.19. The van der Waals surface area contributed by atoms with Crippen molar-refractivity contribution in [3.8, 4) is 0 Å². The van der Waals surface area contributed by atoms with E-state index in [0.717, 1.165) is 23.7 Å². The van der Waals surface area contributed by atoms with Crippen LogP contribution in [0.4, 0.5) is 0 Å².